The van der Waals surface area contributed by atoms with Gasteiger partial charge < -0.3 is 10.5 Å². The highest BCUT2D eigenvalue weighted by Crippen LogP contribution is 2.46. The summed E-state index contributed by atoms with van der Waals surface area (Å²) in [5.41, 5.74) is 7.59. The van der Waals surface area contributed by atoms with Crippen LogP contribution in [-0.2, 0) is 5.41 Å². The van der Waals surface area contributed by atoms with Gasteiger partial charge in [-0.1, -0.05) is 31.9 Å². The highest BCUT2D eigenvalue weighted by molar-refractivity contribution is 5.33. The maximum Gasteiger partial charge on any atom is 0.118 e. The van der Waals surface area contributed by atoms with E-state index < -0.39 is 0 Å². The van der Waals surface area contributed by atoms with Gasteiger partial charge in [0.1, 0.15) is 5.75 Å². The smallest absolute Gasteiger partial charge is 0.118 e. The van der Waals surface area contributed by atoms with Crippen molar-refractivity contribution in [3.05, 3.63) is 29.8 Å². The number of rotatable bonds is 6. The van der Waals surface area contributed by atoms with Crippen LogP contribution in [0.3, 0.4) is 0 Å². The van der Waals surface area contributed by atoms with Gasteiger partial charge in [0, 0.05) is 0 Å². The first-order chi connectivity index (χ1) is 9.20. The summed E-state index contributed by atoms with van der Waals surface area (Å²) in [7, 11) is 1.73. The van der Waals surface area contributed by atoms with Crippen molar-refractivity contribution in [3.63, 3.8) is 0 Å². The first-order valence-electron chi connectivity index (χ1n) is 7.55. The van der Waals surface area contributed by atoms with Crippen molar-refractivity contribution < 1.29 is 4.74 Å². The molecule has 2 nitrogen and oxygen atoms in total. The maximum absolute atomic E-state index is 5.71. The fourth-order valence-corrected chi connectivity index (χ4v) is 3.66. The van der Waals surface area contributed by atoms with E-state index >= 15 is 0 Å². The second-order valence-electron chi connectivity index (χ2n) is 6.10. The average molecular weight is 261 g/mol. The van der Waals surface area contributed by atoms with Crippen LogP contribution in [0.5, 0.6) is 5.75 Å². The van der Waals surface area contributed by atoms with Gasteiger partial charge in [-0.2, -0.15) is 0 Å². The molecule has 0 saturated heterocycles. The van der Waals surface area contributed by atoms with Gasteiger partial charge in [0.2, 0.25) is 0 Å². The predicted octanol–water partition coefficient (Wildman–Crippen LogP) is 3.88. The molecular weight excluding hydrogens is 234 g/mol. The predicted molar refractivity (Wildman–Crippen MR) is 80.6 cm³/mol. The lowest BCUT2D eigenvalue weighted by atomic mass is 9.72. The average Bonchev–Trinajstić information content (AvgIpc) is 2.89. The van der Waals surface area contributed by atoms with Crippen LogP contribution < -0.4 is 10.5 Å². The third-order valence-electron chi connectivity index (χ3n) is 4.66. The molecule has 2 heteroatoms. The normalized spacial score (nSPS) is 19.3. The van der Waals surface area contributed by atoms with Crippen LogP contribution >= 0.6 is 0 Å². The number of ether oxygens (including phenoxy) is 1. The van der Waals surface area contributed by atoms with Crippen LogP contribution in [0.4, 0.5) is 0 Å². The van der Waals surface area contributed by atoms with Gasteiger partial charge in [-0.05, 0) is 61.3 Å². The Morgan fingerprint density at radius 3 is 2.37 bits per heavy atom. The van der Waals surface area contributed by atoms with Crippen LogP contribution in [-0.4, -0.2) is 13.7 Å². The van der Waals surface area contributed by atoms with Crippen LogP contribution in [0.2, 0.25) is 0 Å². The van der Waals surface area contributed by atoms with E-state index in [2.05, 4.69) is 31.2 Å². The molecule has 1 aromatic carbocycles. The molecule has 106 valence electrons. The summed E-state index contributed by atoms with van der Waals surface area (Å²) in [4.78, 5) is 0. The zero-order valence-electron chi connectivity index (χ0n) is 12.3. The lowest BCUT2D eigenvalue weighted by Crippen LogP contribution is -2.25. The van der Waals surface area contributed by atoms with Crippen LogP contribution in [0.15, 0.2) is 24.3 Å². The molecule has 2 N–H and O–H groups in total. The zero-order chi connectivity index (χ0) is 13.7. The fourth-order valence-electron chi connectivity index (χ4n) is 3.66. The first-order valence-corrected chi connectivity index (χ1v) is 7.55. The van der Waals surface area contributed by atoms with E-state index in [9.17, 15) is 0 Å². The Hall–Kier alpha value is -1.02. The molecule has 1 fully saturated rings. The Morgan fingerprint density at radius 2 is 1.84 bits per heavy atom. The summed E-state index contributed by atoms with van der Waals surface area (Å²) >= 11 is 0. The highest BCUT2D eigenvalue weighted by atomic mass is 16.5. The lowest BCUT2D eigenvalue weighted by Gasteiger charge is -2.32. The molecular formula is C17H27NO. The Balaban J connectivity index is 2.17. The minimum Gasteiger partial charge on any atom is -0.497 e. The van der Waals surface area contributed by atoms with Gasteiger partial charge in [-0.3, -0.25) is 0 Å². The zero-order valence-corrected chi connectivity index (χ0v) is 12.3. The third kappa shape index (κ3) is 3.30. The second-order valence-corrected chi connectivity index (χ2v) is 6.10. The molecule has 0 spiro atoms. The molecule has 1 saturated carbocycles. The van der Waals surface area contributed by atoms with Crippen LogP contribution in [0.1, 0.15) is 51.0 Å². The SMILES string of the molecule is COc1ccc(C2(CC(C)CCN)CCCC2)cc1. The maximum atomic E-state index is 5.71. The molecule has 1 aliphatic carbocycles. The molecule has 1 aromatic rings. The van der Waals surface area contributed by atoms with E-state index in [0.29, 0.717) is 11.3 Å². The Morgan fingerprint density at radius 1 is 1.21 bits per heavy atom. The molecule has 0 amide bonds. The number of hydrogen-bond donors (Lipinski definition) is 1. The Kier molecular flexibility index (Phi) is 4.87. The molecule has 1 atom stereocenters. The molecule has 1 aliphatic rings. The number of hydrogen-bond acceptors (Lipinski definition) is 2. The summed E-state index contributed by atoms with van der Waals surface area (Å²) < 4.78 is 5.27. The summed E-state index contributed by atoms with van der Waals surface area (Å²) in [6.45, 7) is 3.15. The van der Waals surface area contributed by atoms with Crippen molar-refractivity contribution in [2.45, 2.75) is 50.9 Å². The number of nitrogens with two attached hydrogens (primary N) is 1. The summed E-state index contributed by atoms with van der Waals surface area (Å²) in [5, 5.41) is 0. The van der Waals surface area contributed by atoms with Gasteiger partial charge in [0.05, 0.1) is 7.11 Å². The van der Waals surface area contributed by atoms with E-state index in [-0.39, 0.29) is 0 Å². The van der Waals surface area contributed by atoms with Crippen molar-refractivity contribution in [3.8, 4) is 5.75 Å². The first kappa shape index (κ1) is 14.4. The summed E-state index contributed by atoms with van der Waals surface area (Å²) in [5.74, 6) is 1.66. The molecule has 2 rings (SSSR count). The van der Waals surface area contributed by atoms with Gasteiger partial charge in [0.15, 0.2) is 0 Å². The molecule has 0 heterocycles. The van der Waals surface area contributed by atoms with E-state index in [1.165, 1.54) is 37.7 Å². The molecule has 0 bridgehead atoms. The lowest BCUT2D eigenvalue weighted by molar-refractivity contribution is 0.323. The van der Waals surface area contributed by atoms with Crippen LogP contribution in [0.25, 0.3) is 0 Å². The molecule has 1 unspecified atom stereocenters. The number of benzene rings is 1. The Labute approximate surface area is 117 Å². The van der Waals surface area contributed by atoms with Gasteiger partial charge >= 0.3 is 0 Å². The second kappa shape index (κ2) is 6.42. The van der Waals surface area contributed by atoms with E-state index in [4.69, 9.17) is 10.5 Å². The van der Waals surface area contributed by atoms with Crippen molar-refractivity contribution in [1.82, 2.24) is 0 Å². The Bertz CT molecular complexity index is 379. The number of methoxy groups -OCH3 is 1. The van der Waals surface area contributed by atoms with Gasteiger partial charge in [-0.15, -0.1) is 0 Å². The van der Waals surface area contributed by atoms with Crippen molar-refractivity contribution in [2.24, 2.45) is 11.7 Å². The molecule has 0 aliphatic heterocycles. The minimum atomic E-state index is 0.390. The summed E-state index contributed by atoms with van der Waals surface area (Å²) in [6, 6.07) is 8.73. The van der Waals surface area contributed by atoms with Crippen molar-refractivity contribution in [2.75, 3.05) is 13.7 Å². The standard InChI is InChI=1S/C17H27NO/c1-14(9-12-18)13-17(10-3-4-11-17)15-5-7-16(19-2)8-6-15/h5-8,14H,3-4,9-13,18H2,1-2H3. The quantitative estimate of drug-likeness (QED) is 0.843. The largest absolute Gasteiger partial charge is 0.497 e. The molecule has 0 aromatic heterocycles. The van der Waals surface area contributed by atoms with Gasteiger partial charge in [0.25, 0.3) is 0 Å². The molecule has 0 radical (unpaired) electrons. The van der Waals surface area contributed by atoms with Crippen molar-refractivity contribution in [1.29, 1.82) is 0 Å². The van der Waals surface area contributed by atoms with E-state index in [1.807, 2.05) is 0 Å². The van der Waals surface area contributed by atoms with Crippen LogP contribution in [0, 0.1) is 5.92 Å². The van der Waals surface area contributed by atoms with E-state index in [0.717, 1.165) is 18.7 Å². The molecule has 19 heavy (non-hydrogen) atoms. The fraction of sp³-hybridized carbons (Fsp3) is 0.647. The minimum absolute atomic E-state index is 0.390. The van der Waals surface area contributed by atoms with Gasteiger partial charge in [-0.25, -0.2) is 0 Å². The topological polar surface area (TPSA) is 35.2 Å². The van der Waals surface area contributed by atoms with E-state index in [1.54, 1.807) is 7.11 Å². The highest BCUT2D eigenvalue weighted by Gasteiger charge is 2.36. The summed E-state index contributed by atoms with van der Waals surface area (Å²) in [6.07, 6.45) is 7.79. The third-order valence-corrected chi connectivity index (χ3v) is 4.66. The monoisotopic (exact) mass is 261 g/mol. The van der Waals surface area contributed by atoms with Crippen molar-refractivity contribution >= 4 is 0 Å².